The van der Waals surface area contributed by atoms with Crippen LogP contribution in [0.2, 0.25) is 0 Å². The molecular formula is C13H19NO. The Morgan fingerprint density at radius 1 is 1.47 bits per heavy atom. The predicted molar refractivity (Wildman–Crippen MR) is 62.0 cm³/mol. The highest BCUT2D eigenvalue weighted by Gasteiger charge is 2.24. The lowest BCUT2D eigenvalue weighted by molar-refractivity contribution is 0.414. The van der Waals surface area contributed by atoms with Crippen LogP contribution < -0.4 is 10.5 Å². The molecule has 1 aliphatic rings. The third kappa shape index (κ3) is 2.51. The number of nitrogens with two attached hydrogens (primary N) is 1. The number of hydrogen-bond acceptors (Lipinski definition) is 2. The Bertz CT molecular complexity index is 344. The minimum Gasteiger partial charge on any atom is -0.497 e. The third-order valence-electron chi connectivity index (χ3n) is 3.16. The molecule has 0 aliphatic heterocycles. The second kappa shape index (κ2) is 4.23. The zero-order valence-corrected chi connectivity index (χ0v) is 9.49. The van der Waals surface area contributed by atoms with Gasteiger partial charge in [0.2, 0.25) is 0 Å². The van der Waals surface area contributed by atoms with Gasteiger partial charge < -0.3 is 10.5 Å². The standard InChI is InChI=1S/C13H19NO/c1-9-7-11(15-2)5-6-12(9)13(14)8-10-3-4-10/h5-7,10,13H,3-4,8,14H2,1-2H3. The molecule has 0 amide bonds. The van der Waals surface area contributed by atoms with Crippen LogP contribution in [0.3, 0.4) is 0 Å². The third-order valence-corrected chi connectivity index (χ3v) is 3.16. The van der Waals surface area contributed by atoms with Crippen LogP contribution in [0.25, 0.3) is 0 Å². The quantitative estimate of drug-likeness (QED) is 0.820. The van der Waals surface area contributed by atoms with Crippen molar-refractivity contribution in [1.82, 2.24) is 0 Å². The molecule has 1 fully saturated rings. The molecule has 2 nitrogen and oxygen atoms in total. The first-order valence-corrected chi connectivity index (χ1v) is 5.61. The maximum Gasteiger partial charge on any atom is 0.119 e. The van der Waals surface area contributed by atoms with Crippen molar-refractivity contribution in [3.63, 3.8) is 0 Å². The van der Waals surface area contributed by atoms with E-state index in [1.807, 2.05) is 6.07 Å². The second-order valence-electron chi connectivity index (χ2n) is 4.51. The summed E-state index contributed by atoms with van der Waals surface area (Å²) < 4.78 is 5.18. The van der Waals surface area contributed by atoms with Crippen LogP contribution in [0.15, 0.2) is 18.2 Å². The first-order chi connectivity index (χ1) is 7.20. The molecular weight excluding hydrogens is 186 g/mol. The van der Waals surface area contributed by atoms with Crippen molar-refractivity contribution >= 4 is 0 Å². The minimum absolute atomic E-state index is 0.198. The summed E-state index contributed by atoms with van der Waals surface area (Å²) in [5, 5.41) is 0. The molecule has 2 heteroatoms. The number of benzene rings is 1. The first kappa shape index (κ1) is 10.5. The first-order valence-electron chi connectivity index (χ1n) is 5.61. The van der Waals surface area contributed by atoms with E-state index < -0.39 is 0 Å². The van der Waals surface area contributed by atoms with Gasteiger partial charge in [-0.2, -0.15) is 0 Å². The number of rotatable bonds is 4. The highest BCUT2D eigenvalue weighted by Crippen LogP contribution is 2.37. The van der Waals surface area contributed by atoms with Crippen molar-refractivity contribution in [2.45, 2.75) is 32.2 Å². The van der Waals surface area contributed by atoms with Gasteiger partial charge >= 0.3 is 0 Å². The summed E-state index contributed by atoms with van der Waals surface area (Å²) in [4.78, 5) is 0. The highest BCUT2D eigenvalue weighted by atomic mass is 16.5. The Balaban J connectivity index is 2.11. The molecule has 0 heterocycles. The van der Waals surface area contributed by atoms with Crippen LogP contribution in [0.4, 0.5) is 0 Å². The molecule has 0 bridgehead atoms. The molecule has 1 aromatic carbocycles. The van der Waals surface area contributed by atoms with Crippen LogP contribution in [-0.2, 0) is 0 Å². The number of methoxy groups -OCH3 is 1. The van der Waals surface area contributed by atoms with E-state index in [0.717, 1.165) is 18.1 Å². The Morgan fingerprint density at radius 3 is 2.73 bits per heavy atom. The van der Waals surface area contributed by atoms with Crippen molar-refractivity contribution in [2.75, 3.05) is 7.11 Å². The van der Waals surface area contributed by atoms with E-state index in [0.29, 0.717) is 0 Å². The van der Waals surface area contributed by atoms with Crippen molar-refractivity contribution in [2.24, 2.45) is 11.7 Å². The highest BCUT2D eigenvalue weighted by molar-refractivity contribution is 5.36. The maximum atomic E-state index is 6.19. The van der Waals surface area contributed by atoms with Crippen LogP contribution in [0.1, 0.15) is 36.4 Å². The SMILES string of the molecule is COc1ccc(C(N)CC2CC2)c(C)c1. The Kier molecular flexibility index (Phi) is 2.96. The fraction of sp³-hybridized carbons (Fsp3) is 0.538. The monoisotopic (exact) mass is 205 g/mol. The average molecular weight is 205 g/mol. The van der Waals surface area contributed by atoms with E-state index >= 15 is 0 Å². The molecule has 82 valence electrons. The van der Waals surface area contributed by atoms with Gasteiger partial charge in [-0.1, -0.05) is 18.9 Å². The van der Waals surface area contributed by atoms with Crippen molar-refractivity contribution in [3.05, 3.63) is 29.3 Å². The molecule has 1 aromatic rings. The summed E-state index contributed by atoms with van der Waals surface area (Å²) in [6.07, 6.45) is 3.86. The van der Waals surface area contributed by atoms with E-state index in [1.165, 1.54) is 24.0 Å². The normalized spacial score (nSPS) is 17.5. The van der Waals surface area contributed by atoms with Gasteiger partial charge in [-0.05, 0) is 42.5 Å². The second-order valence-corrected chi connectivity index (χ2v) is 4.51. The fourth-order valence-corrected chi connectivity index (χ4v) is 2.03. The lowest BCUT2D eigenvalue weighted by Gasteiger charge is -2.15. The zero-order valence-electron chi connectivity index (χ0n) is 9.49. The van der Waals surface area contributed by atoms with Gasteiger partial charge in [-0.15, -0.1) is 0 Å². The molecule has 0 radical (unpaired) electrons. The molecule has 1 saturated carbocycles. The molecule has 0 saturated heterocycles. The summed E-state index contributed by atoms with van der Waals surface area (Å²) >= 11 is 0. The maximum absolute atomic E-state index is 6.19. The molecule has 2 N–H and O–H groups in total. The number of hydrogen-bond donors (Lipinski definition) is 1. The van der Waals surface area contributed by atoms with Gasteiger partial charge in [0, 0.05) is 6.04 Å². The van der Waals surface area contributed by atoms with Crippen LogP contribution in [-0.4, -0.2) is 7.11 Å². The van der Waals surface area contributed by atoms with E-state index in [-0.39, 0.29) is 6.04 Å². The van der Waals surface area contributed by atoms with Gasteiger partial charge in [-0.25, -0.2) is 0 Å². The minimum atomic E-state index is 0.198. The van der Waals surface area contributed by atoms with Crippen LogP contribution >= 0.6 is 0 Å². The van der Waals surface area contributed by atoms with Crippen molar-refractivity contribution < 1.29 is 4.74 Å². The average Bonchev–Trinajstić information content (AvgIpc) is 3.01. The Hall–Kier alpha value is -1.02. The summed E-state index contributed by atoms with van der Waals surface area (Å²) in [7, 11) is 1.69. The van der Waals surface area contributed by atoms with E-state index in [1.54, 1.807) is 7.11 Å². The fourth-order valence-electron chi connectivity index (χ4n) is 2.03. The lowest BCUT2D eigenvalue weighted by atomic mass is 9.97. The topological polar surface area (TPSA) is 35.2 Å². The summed E-state index contributed by atoms with van der Waals surface area (Å²) in [5.74, 6) is 1.79. The van der Waals surface area contributed by atoms with Gasteiger partial charge in [0.15, 0.2) is 0 Å². The summed E-state index contributed by atoms with van der Waals surface area (Å²) in [5.41, 5.74) is 8.69. The number of ether oxygens (including phenoxy) is 1. The van der Waals surface area contributed by atoms with E-state index in [2.05, 4.69) is 19.1 Å². The van der Waals surface area contributed by atoms with Gasteiger partial charge in [0.25, 0.3) is 0 Å². The van der Waals surface area contributed by atoms with Gasteiger partial charge in [0.05, 0.1) is 7.11 Å². The predicted octanol–water partition coefficient (Wildman–Crippen LogP) is 2.80. The molecule has 15 heavy (non-hydrogen) atoms. The molecule has 1 atom stereocenters. The molecule has 1 aliphatic carbocycles. The van der Waals surface area contributed by atoms with Crippen molar-refractivity contribution in [1.29, 1.82) is 0 Å². The smallest absolute Gasteiger partial charge is 0.119 e. The van der Waals surface area contributed by atoms with Gasteiger partial charge in [-0.3, -0.25) is 0 Å². The number of aryl methyl sites for hydroxylation is 1. The zero-order chi connectivity index (χ0) is 10.8. The van der Waals surface area contributed by atoms with Gasteiger partial charge in [0.1, 0.15) is 5.75 Å². The molecule has 0 spiro atoms. The van der Waals surface area contributed by atoms with E-state index in [4.69, 9.17) is 10.5 Å². The lowest BCUT2D eigenvalue weighted by Crippen LogP contribution is -2.12. The molecule has 0 aromatic heterocycles. The Morgan fingerprint density at radius 2 is 2.20 bits per heavy atom. The van der Waals surface area contributed by atoms with Crippen LogP contribution in [0.5, 0.6) is 5.75 Å². The largest absolute Gasteiger partial charge is 0.497 e. The Labute approximate surface area is 91.4 Å². The summed E-state index contributed by atoms with van der Waals surface area (Å²) in [6.45, 7) is 2.10. The summed E-state index contributed by atoms with van der Waals surface area (Å²) in [6, 6.07) is 6.35. The molecule has 2 rings (SSSR count). The molecule has 1 unspecified atom stereocenters. The van der Waals surface area contributed by atoms with Crippen molar-refractivity contribution in [3.8, 4) is 5.75 Å². The van der Waals surface area contributed by atoms with Crippen LogP contribution in [0, 0.1) is 12.8 Å². The van der Waals surface area contributed by atoms with E-state index in [9.17, 15) is 0 Å².